The molecule has 0 aliphatic rings. The van der Waals surface area contributed by atoms with Crippen molar-refractivity contribution in [3.8, 4) is 5.75 Å². The number of carbonyl (C=O) groups is 2. The maximum absolute atomic E-state index is 11.3. The molecule has 5 nitrogen and oxygen atoms in total. The van der Waals surface area contributed by atoms with Crippen molar-refractivity contribution in [3.05, 3.63) is 65.7 Å². The number of aryl methyl sites for hydroxylation is 1. The van der Waals surface area contributed by atoms with Crippen LogP contribution in [0.2, 0.25) is 0 Å². The summed E-state index contributed by atoms with van der Waals surface area (Å²) in [6.45, 7) is 0. The van der Waals surface area contributed by atoms with Gasteiger partial charge in [0.2, 0.25) is 0 Å². The molecule has 0 saturated heterocycles. The number of rotatable bonds is 7. The van der Waals surface area contributed by atoms with E-state index in [1.807, 2.05) is 30.3 Å². The lowest BCUT2D eigenvalue weighted by atomic mass is 10.1. The summed E-state index contributed by atoms with van der Waals surface area (Å²) >= 11 is 0. The molecule has 2 aromatic carbocycles. The standard InChI is InChI=1S/C17H16O5/c18-16(19)13-7-9-14(10-8-13)22-15(17(20)21)11-6-12-4-2-1-3-5-12/h1-5,7-10,15H,6,11H2,(H,18,19)(H,20,21). The molecule has 2 N–H and O–H groups in total. The van der Waals surface area contributed by atoms with Crippen molar-refractivity contribution < 1.29 is 24.5 Å². The Hall–Kier alpha value is -2.82. The van der Waals surface area contributed by atoms with Crippen LogP contribution >= 0.6 is 0 Å². The zero-order valence-electron chi connectivity index (χ0n) is 11.8. The van der Waals surface area contributed by atoms with Crippen molar-refractivity contribution in [2.75, 3.05) is 0 Å². The molecule has 0 aromatic heterocycles. The molecule has 0 spiro atoms. The van der Waals surface area contributed by atoms with Crippen molar-refractivity contribution in [1.29, 1.82) is 0 Å². The Labute approximate surface area is 127 Å². The van der Waals surface area contributed by atoms with Crippen molar-refractivity contribution >= 4 is 11.9 Å². The van der Waals surface area contributed by atoms with Gasteiger partial charge in [0, 0.05) is 0 Å². The number of ether oxygens (including phenoxy) is 1. The molecule has 5 heteroatoms. The average Bonchev–Trinajstić information content (AvgIpc) is 2.52. The number of hydrogen-bond donors (Lipinski definition) is 2. The average molecular weight is 300 g/mol. The quantitative estimate of drug-likeness (QED) is 0.821. The van der Waals surface area contributed by atoms with E-state index in [1.165, 1.54) is 24.3 Å². The van der Waals surface area contributed by atoms with Gasteiger partial charge in [0.15, 0.2) is 6.10 Å². The normalized spacial score (nSPS) is 11.6. The van der Waals surface area contributed by atoms with E-state index < -0.39 is 18.0 Å². The zero-order valence-corrected chi connectivity index (χ0v) is 11.8. The second kappa shape index (κ2) is 7.26. The van der Waals surface area contributed by atoms with E-state index in [0.29, 0.717) is 18.6 Å². The molecule has 0 bridgehead atoms. The third-order valence-electron chi connectivity index (χ3n) is 3.19. The van der Waals surface area contributed by atoms with Gasteiger partial charge in [-0.25, -0.2) is 9.59 Å². The summed E-state index contributed by atoms with van der Waals surface area (Å²) in [5.41, 5.74) is 1.17. The van der Waals surface area contributed by atoms with Crippen molar-refractivity contribution in [3.63, 3.8) is 0 Å². The minimum absolute atomic E-state index is 0.128. The Bertz CT molecular complexity index is 634. The summed E-state index contributed by atoms with van der Waals surface area (Å²) in [5, 5.41) is 18.1. The van der Waals surface area contributed by atoms with Crippen LogP contribution in [0.15, 0.2) is 54.6 Å². The first-order valence-electron chi connectivity index (χ1n) is 6.83. The minimum Gasteiger partial charge on any atom is -0.479 e. The van der Waals surface area contributed by atoms with Crippen molar-refractivity contribution in [2.45, 2.75) is 18.9 Å². The highest BCUT2D eigenvalue weighted by molar-refractivity contribution is 5.87. The fraction of sp³-hybridized carbons (Fsp3) is 0.176. The van der Waals surface area contributed by atoms with E-state index in [0.717, 1.165) is 5.56 Å². The van der Waals surface area contributed by atoms with Gasteiger partial charge in [-0.1, -0.05) is 30.3 Å². The first-order valence-corrected chi connectivity index (χ1v) is 6.83. The third-order valence-corrected chi connectivity index (χ3v) is 3.19. The van der Waals surface area contributed by atoms with Crippen LogP contribution in [0.4, 0.5) is 0 Å². The number of carboxylic acids is 2. The lowest BCUT2D eigenvalue weighted by molar-refractivity contribution is -0.145. The SMILES string of the molecule is O=C(O)c1ccc(OC(CCc2ccccc2)C(=O)O)cc1. The number of carboxylic acid groups (broad SMARTS) is 2. The van der Waals surface area contributed by atoms with E-state index in [2.05, 4.69) is 0 Å². The third kappa shape index (κ3) is 4.34. The van der Waals surface area contributed by atoms with E-state index in [1.54, 1.807) is 0 Å². The highest BCUT2D eigenvalue weighted by atomic mass is 16.5. The lowest BCUT2D eigenvalue weighted by Crippen LogP contribution is -2.27. The minimum atomic E-state index is -1.04. The maximum Gasteiger partial charge on any atom is 0.344 e. The van der Waals surface area contributed by atoms with Crippen LogP contribution in [0.3, 0.4) is 0 Å². The van der Waals surface area contributed by atoms with Gasteiger partial charge in [-0.15, -0.1) is 0 Å². The van der Waals surface area contributed by atoms with Gasteiger partial charge >= 0.3 is 11.9 Å². The summed E-state index contributed by atoms with van der Waals surface area (Å²) < 4.78 is 5.44. The maximum atomic E-state index is 11.3. The summed E-state index contributed by atoms with van der Waals surface area (Å²) in [4.78, 5) is 22.0. The number of aliphatic carboxylic acids is 1. The smallest absolute Gasteiger partial charge is 0.344 e. The predicted molar refractivity (Wildman–Crippen MR) is 80.2 cm³/mol. The van der Waals surface area contributed by atoms with Gasteiger partial charge in [0.1, 0.15) is 5.75 Å². The van der Waals surface area contributed by atoms with Crippen LogP contribution < -0.4 is 4.74 Å². The molecule has 0 amide bonds. The molecule has 0 aliphatic carbocycles. The second-order valence-electron chi connectivity index (χ2n) is 4.80. The Morgan fingerprint density at radius 3 is 2.14 bits per heavy atom. The van der Waals surface area contributed by atoms with Gasteiger partial charge in [0.05, 0.1) is 5.56 Å². The molecule has 0 aliphatic heterocycles. The lowest BCUT2D eigenvalue weighted by Gasteiger charge is -2.15. The van der Waals surface area contributed by atoms with Crippen LogP contribution in [0.5, 0.6) is 5.75 Å². The Balaban J connectivity index is 1.99. The monoisotopic (exact) mass is 300 g/mol. The Morgan fingerprint density at radius 1 is 0.955 bits per heavy atom. The molecule has 0 fully saturated rings. The molecule has 114 valence electrons. The summed E-state index contributed by atoms with van der Waals surface area (Å²) in [7, 11) is 0. The molecular formula is C17H16O5. The fourth-order valence-electron chi connectivity index (χ4n) is 2.02. The summed E-state index contributed by atoms with van der Waals surface area (Å²) in [6, 6.07) is 15.2. The van der Waals surface area contributed by atoms with Gasteiger partial charge in [-0.2, -0.15) is 0 Å². The topological polar surface area (TPSA) is 83.8 Å². The zero-order chi connectivity index (χ0) is 15.9. The second-order valence-corrected chi connectivity index (χ2v) is 4.80. The molecule has 1 unspecified atom stereocenters. The molecule has 22 heavy (non-hydrogen) atoms. The highest BCUT2D eigenvalue weighted by Gasteiger charge is 2.19. The van der Waals surface area contributed by atoms with Gasteiger partial charge in [0.25, 0.3) is 0 Å². The van der Waals surface area contributed by atoms with Gasteiger partial charge in [-0.3, -0.25) is 0 Å². The Morgan fingerprint density at radius 2 is 1.59 bits per heavy atom. The predicted octanol–water partition coefficient (Wildman–Crippen LogP) is 2.85. The molecule has 2 rings (SSSR count). The summed E-state index contributed by atoms with van der Waals surface area (Å²) in [6.07, 6.45) is -0.0544. The molecular weight excluding hydrogens is 284 g/mol. The van der Waals surface area contributed by atoms with E-state index in [9.17, 15) is 14.7 Å². The first kappa shape index (κ1) is 15.6. The van der Waals surface area contributed by atoms with E-state index in [4.69, 9.17) is 9.84 Å². The molecule has 0 heterocycles. The highest BCUT2D eigenvalue weighted by Crippen LogP contribution is 2.16. The largest absolute Gasteiger partial charge is 0.479 e. The number of hydrogen-bond acceptors (Lipinski definition) is 3. The van der Waals surface area contributed by atoms with Crippen LogP contribution in [0.1, 0.15) is 22.3 Å². The van der Waals surface area contributed by atoms with Gasteiger partial charge in [-0.05, 0) is 42.7 Å². The molecule has 0 radical (unpaired) electrons. The van der Waals surface area contributed by atoms with Crippen LogP contribution in [0, 0.1) is 0 Å². The van der Waals surface area contributed by atoms with Crippen molar-refractivity contribution in [2.24, 2.45) is 0 Å². The summed E-state index contributed by atoms with van der Waals surface area (Å²) in [5.74, 6) is -1.74. The van der Waals surface area contributed by atoms with Gasteiger partial charge < -0.3 is 14.9 Å². The molecule has 0 saturated carbocycles. The first-order chi connectivity index (χ1) is 10.6. The van der Waals surface area contributed by atoms with E-state index in [-0.39, 0.29) is 5.56 Å². The fourth-order valence-corrected chi connectivity index (χ4v) is 2.02. The van der Waals surface area contributed by atoms with Crippen LogP contribution in [0.25, 0.3) is 0 Å². The van der Waals surface area contributed by atoms with Crippen LogP contribution in [-0.4, -0.2) is 28.3 Å². The number of aromatic carboxylic acids is 1. The van der Waals surface area contributed by atoms with Crippen molar-refractivity contribution in [1.82, 2.24) is 0 Å². The molecule has 1 atom stereocenters. The Kier molecular flexibility index (Phi) is 5.14. The molecule has 2 aromatic rings. The van der Waals surface area contributed by atoms with Crippen LogP contribution in [-0.2, 0) is 11.2 Å². The number of benzene rings is 2. The van der Waals surface area contributed by atoms with E-state index >= 15 is 0 Å².